The van der Waals surface area contributed by atoms with Gasteiger partial charge in [-0.3, -0.25) is 9.48 Å². The maximum atomic E-state index is 12.3. The SMILES string of the molecule is O=C1Nc2ccccc2CC1NS(=O)(=O)Cc1ccn(CC(F)(F)F)n1. The molecule has 26 heavy (non-hydrogen) atoms. The van der Waals surface area contributed by atoms with Gasteiger partial charge in [-0.2, -0.15) is 18.3 Å². The highest BCUT2D eigenvalue weighted by Gasteiger charge is 2.31. The zero-order chi connectivity index (χ0) is 18.9. The zero-order valence-electron chi connectivity index (χ0n) is 13.3. The van der Waals surface area contributed by atoms with Gasteiger partial charge in [-0.05, 0) is 24.1 Å². The average molecular weight is 388 g/mol. The van der Waals surface area contributed by atoms with Crippen LogP contribution in [0.4, 0.5) is 18.9 Å². The number of anilines is 1. The summed E-state index contributed by atoms with van der Waals surface area (Å²) >= 11 is 0. The summed E-state index contributed by atoms with van der Waals surface area (Å²) in [5, 5.41) is 6.22. The van der Waals surface area contributed by atoms with E-state index in [9.17, 15) is 26.4 Å². The van der Waals surface area contributed by atoms with Gasteiger partial charge in [0.25, 0.3) is 0 Å². The molecule has 1 amide bonds. The Morgan fingerprint density at radius 3 is 2.73 bits per heavy atom. The van der Waals surface area contributed by atoms with Crippen LogP contribution in [0.25, 0.3) is 0 Å². The molecule has 1 aromatic carbocycles. The fourth-order valence-corrected chi connectivity index (χ4v) is 3.90. The molecule has 1 aliphatic heterocycles. The molecule has 2 aromatic rings. The molecular formula is C15H15F3N4O3S. The van der Waals surface area contributed by atoms with E-state index in [2.05, 4.69) is 15.1 Å². The number of rotatable bonds is 5. The van der Waals surface area contributed by atoms with E-state index in [1.165, 1.54) is 6.07 Å². The minimum Gasteiger partial charge on any atom is -0.324 e. The molecule has 1 aliphatic rings. The Morgan fingerprint density at radius 1 is 1.27 bits per heavy atom. The lowest BCUT2D eigenvalue weighted by atomic mass is 10.00. The highest BCUT2D eigenvalue weighted by atomic mass is 32.2. The second-order valence-corrected chi connectivity index (χ2v) is 7.65. The predicted molar refractivity (Wildman–Crippen MR) is 86.6 cm³/mol. The molecule has 2 N–H and O–H groups in total. The number of benzene rings is 1. The van der Waals surface area contributed by atoms with Crippen molar-refractivity contribution in [2.24, 2.45) is 0 Å². The van der Waals surface area contributed by atoms with Crippen molar-refractivity contribution in [3.63, 3.8) is 0 Å². The highest BCUT2D eigenvalue weighted by molar-refractivity contribution is 7.88. The number of hydrogen-bond donors (Lipinski definition) is 2. The Labute approximate surface area is 147 Å². The summed E-state index contributed by atoms with van der Waals surface area (Å²) in [5.41, 5.74) is 1.37. The number of alkyl halides is 3. The summed E-state index contributed by atoms with van der Waals surface area (Å²) < 4.78 is 64.4. The molecule has 0 aliphatic carbocycles. The van der Waals surface area contributed by atoms with Gasteiger partial charge in [0.2, 0.25) is 15.9 Å². The second kappa shape index (κ2) is 6.72. The molecule has 11 heteroatoms. The summed E-state index contributed by atoms with van der Waals surface area (Å²) in [7, 11) is -3.97. The monoisotopic (exact) mass is 388 g/mol. The minimum absolute atomic E-state index is 0.0432. The van der Waals surface area contributed by atoms with Crippen molar-refractivity contribution in [3.05, 3.63) is 47.8 Å². The Bertz CT molecular complexity index is 924. The standard InChI is InChI=1S/C15H15F3N4O3S/c16-15(17,18)9-22-6-5-11(20-22)8-26(24,25)21-13-7-10-3-1-2-4-12(10)19-14(13)23/h1-6,13,21H,7-9H2,(H,19,23). The van der Waals surface area contributed by atoms with Crippen LogP contribution in [0.15, 0.2) is 36.5 Å². The molecule has 0 saturated carbocycles. The van der Waals surface area contributed by atoms with Crippen LogP contribution >= 0.6 is 0 Å². The van der Waals surface area contributed by atoms with E-state index >= 15 is 0 Å². The van der Waals surface area contributed by atoms with Gasteiger partial charge in [0.15, 0.2) is 0 Å². The number of amides is 1. The lowest BCUT2D eigenvalue weighted by Gasteiger charge is -2.25. The van der Waals surface area contributed by atoms with Gasteiger partial charge in [-0.1, -0.05) is 18.2 Å². The van der Waals surface area contributed by atoms with E-state index in [0.717, 1.165) is 11.8 Å². The first kappa shape index (κ1) is 18.4. The summed E-state index contributed by atoms with van der Waals surface area (Å²) in [6, 6.07) is 7.21. The first-order valence-corrected chi connectivity index (χ1v) is 9.24. The number of halogens is 3. The highest BCUT2D eigenvalue weighted by Crippen LogP contribution is 2.22. The van der Waals surface area contributed by atoms with E-state index in [4.69, 9.17) is 0 Å². The number of carbonyl (C=O) groups excluding carboxylic acids is 1. The van der Waals surface area contributed by atoms with Crippen LogP contribution in [0.3, 0.4) is 0 Å². The Hall–Kier alpha value is -2.40. The fourth-order valence-electron chi connectivity index (χ4n) is 2.65. The van der Waals surface area contributed by atoms with Crippen LogP contribution in [0.5, 0.6) is 0 Å². The van der Waals surface area contributed by atoms with Gasteiger partial charge in [0, 0.05) is 11.9 Å². The normalized spacial score (nSPS) is 17.7. The number of fused-ring (bicyclic) bond motifs is 1. The third kappa shape index (κ3) is 4.61. The van der Waals surface area contributed by atoms with Crippen LogP contribution in [-0.4, -0.2) is 36.3 Å². The molecule has 0 bridgehead atoms. The summed E-state index contributed by atoms with van der Waals surface area (Å²) in [4.78, 5) is 12.1. The summed E-state index contributed by atoms with van der Waals surface area (Å²) in [5.74, 6) is -1.11. The number of aromatic nitrogens is 2. The van der Waals surface area contributed by atoms with Crippen molar-refractivity contribution in [2.75, 3.05) is 5.32 Å². The number of carbonyl (C=O) groups is 1. The molecule has 2 heterocycles. The average Bonchev–Trinajstić information content (AvgIpc) is 2.91. The van der Waals surface area contributed by atoms with Gasteiger partial charge in [0.1, 0.15) is 18.3 Å². The van der Waals surface area contributed by atoms with Crippen molar-refractivity contribution in [2.45, 2.75) is 30.9 Å². The lowest BCUT2D eigenvalue weighted by molar-refractivity contribution is -0.142. The topological polar surface area (TPSA) is 93.1 Å². The number of hydrogen-bond acceptors (Lipinski definition) is 4. The molecule has 1 unspecified atom stereocenters. The summed E-state index contributed by atoms with van der Waals surface area (Å²) in [6.07, 6.45) is -3.21. The second-order valence-electron chi connectivity index (χ2n) is 5.90. The van der Waals surface area contributed by atoms with Crippen molar-refractivity contribution in [1.29, 1.82) is 0 Å². The van der Waals surface area contributed by atoms with Gasteiger partial charge in [0.05, 0.1) is 5.69 Å². The number of nitrogens with zero attached hydrogens (tertiary/aromatic N) is 2. The molecular weight excluding hydrogens is 373 g/mol. The van der Waals surface area contributed by atoms with E-state index < -0.39 is 40.4 Å². The largest absolute Gasteiger partial charge is 0.408 e. The van der Waals surface area contributed by atoms with E-state index in [-0.39, 0.29) is 12.1 Å². The van der Waals surface area contributed by atoms with Crippen molar-refractivity contribution >= 4 is 21.6 Å². The third-order valence-corrected chi connectivity index (χ3v) is 5.03. The minimum atomic E-state index is -4.45. The Kier molecular flexibility index (Phi) is 4.76. The molecule has 1 aromatic heterocycles. The smallest absolute Gasteiger partial charge is 0.324 e. The first-order valence-electron chi connectivity index (χ1n) is 7.59. The van der Waals surface area contributed by atoms with Crippen LogP contribution in [-0.2, 0) is 33.5 Å². The van der Waals surface area contributed by atoms with Gasteiger partial charge in [-0.25, -0.2) is 13.1 Å². The molecule has 0 fully saturated rings. The molecule has 140 valence electrons. The van der Waals surface area contributed by atoms with E-state index in [0.29, 0.717) is 10.4 Å². The molecule has 0 saturated heterocycles. The van der Waals surface area contributed by atoms with Crippen LogP contribution in [0, 0.1) is 0 Å². The zero-order valence-corrected chi connectivity index (χ0v) is 14.1. The third-order valence-electron chi connectivity index (χ3n) is 3.71. The molecule has 1 atom stereocenters. The van der Waals surface area contributed by atoms with Crippen LogP contribution in [0.2, 0.25) is 0 Å². The number of nitrogens with one attached hydrogen (secondary N) is 2. The van der Waals surface area contributed by atoms with Gasteiger partial charge >= 0.3 is 6.18 Å². The maximum absolute atomic E-state index is 12.3. The molecule has 3 rings (SSSR count). The lowest BCUT2D eigenvalue weighted by Crippen LogP contribution is -2.47. The fraction of sp³-hybridized carbons (Fsp3) is 0.333. The predicted octanol–water partition coefficient (Wildman–Crippen LogP) is 1.43. The molecule has 7 nitrogen and oxygen atoms in total. The van der Waals surface area contributed by atoms with E-state index in [1.54, 1.807) is 24.3 Å². The molecule has 0 spiro atoms. The van der Waals surface area contributed by atoms with Gasteiger partial charge in [-0.15, -0.1) is 0 Å². The Morgan fingerprint density at radius 2 is 2.00 bits per heavy atom. The Balaban J connectivity index is 1.67. The van der Waals surface area contributed by atoms with Crippen molar-refractivity contribution in [3.8, 4) is 0 Å². The van der Waals surface area contributed by atoms with Crippen molar-refractivity contribution in [1.82, 2.24) is 14.5 Å². The molecule has 0 radical (unpaired) electrons. The summed E-state index contributed by atoms with van der Waals surface area (Å²) in [6.45, 7) is -1.30. The number of sulfonamides is 1. The first-order chi connectivity index (χ1) is 12.1. The quantitative estimate of drug-likeness (QED) is 0.810. The van der Waals surface area contributed by atoms with Gasteiger partial charge < -0.3 is 5.32 Å². The van der Waals surface area contributed by atoms with Crippen LogP contribution < -0.4 is 10.0 Å². The maximum Gasteiger partial charge on any atom is 0.408 e. The van der Waals surface area contributed by atoms with Crippen LogP contribution in [0.1, 0.15) is 11.3 Å². The van der Waals surface area contributed by atoms with Crippen molar-refractivity contribution < 1.29 is 26.4 Å². The number of para-hydroxylation sites is 1. The van der Waals surface area contributed by atoms with E-state index in [1.807, 2.05) is 0 Å².